The molecule has 0 aliphatic carbocycles. The zero-order chi connectivity index (χ0) is 19.9. The third-order valence-corrected chi connectivity index (χ3v) is 5.34. The Morgan fingerprint density at radius 1 is 1.25 bits per heavy atom. The summed E-state index contributed by atoms with van der Waals surface area (Å²) < 4.78 is 6.02. The van der Waals surface area contributed by atoms with E-state index in [9.17, 15) is 4.79 Å². The molecule has 1 aliphatic heterocycles. The molecule has 2 aromatic rings. The Bertz CT molecular complexity index is 857. The minimum Gasteiger partial charge on any atom is -0.373 e. The van der Waals surface area contributed by atoms with Gasteiger partial charge in [-0.05, 0) is 42.7 Å². The Balaban J connectivity index is 1.47. The highest BCUT2D eigenvalue weighted by atomic mass is 35.5. The second kappa shape index (κ2) is 9.79. The van der Waals surface area contributed by atoms with E-state index in [1.54, 1.807) is 18.3 Å². The van der Waals surface area contributed by atoms with Crippen molar-refractivity contribution in [1.82, 2.24) is 10.3 Å². The van der Waals surface area contributed by atoms with Crippen molar-refractivity contribution in [2.45, 2.75) is 25.6 Å². The molecule has 1 aliphatic rings. The summed E-state index contributed by atoms with van der Waals surface area (Å²) in [5.41, 5.74) is 1.51. The molecule has 1 amide bonds. The second-order valence-electron chi connectivity index (χ2n) is 6.54. The van der Waals surface area contributed by atoms with E-state index in [0.717, 1.165) is 37.3 Å². The topological polar surface area (TPSA) is 54.5 Å². The molecule has 1 N–H and O–H groups in total. The average Bonchev–Trinajstić information content (AvgIpc) is 2.73. The van der Waals surface area contributed by atoms with E-state index in [2.05, 4.69) is 21.1 Å². The largest absolute Gasteiger partial charge is 0.373 e. The number of hydrogen-bond donors (Lipinski definition) is 1. The molecule has 1 fully saturated rings. The summed E-state index contributed by atoms with van der Waals surface area (Å²) in [6.07, 6.45) is 8.74. The van der Waals surface area contributed by atoms with E-state index in [4.69, 9.17) is 34.4 Å². The molecular weight excluding hydrogens is 397 g/mol. The van der Waals surface area contributed by atoms with Crippen molar-refractivity contribution in [3.8, 4) is 12.3 Å². The highest BCUT2D eigenvalue weighted by Crippen LogP contribution is 2.24. The molecule has 146 valence electrons. The summed E-state index contributed by atoms with van der Waals surface area (Å²) in [6, 6.07) is 9.18. The first-order chi connectivity index (χ1) is 13.6. The summed E-state index contributed by atoms with van der Waals surface area (Å²) in [7, 11) is 0. The Kier molecular flexibility index (Phi) is 7.16. The first kappa shape index (κ1) is 20.5. The van der Waals surface area contributed by atoms with Gasteiger partial charge in [0, 0.05) is 19.3 Å². The quantitative estimate of drug-likeness (QED) is 0.723. The predicted octanol–water partition coefficient (Wildman–Crippen LogP) is 3.94. The van der Waals surface area contributed by atoms with Crippen molar-refractivity contribution in [3.05, 3.63) is 57.7 Å². The number of terminal acetylenes is 1. The van der Waals surface area contributed by atoms with Gasteiger partial charge in [-0.15, -0.1) is 6.42 Å². The molecule has 0 spiro atoms. The van der Waals surface area contributed by atoms with Crippen LogP contribution in [0.15, 0.2) is 36.5 Å². The lowest BCUT2D eigenvalue weighted by atomic mass is 10.1. The molecule has 0 radical (unpaired) electrons. The molecule has 1 saturated heterocycles. The number of ether oxygens (including phenoxy) is 1. The van der Waals surface area contributed by atoms with Crippen LogP contribution in [-0.2, 0) is 11.3 Å². The normalized spacial score (nSPS) is 14.5. The lowest BCUT2D eigenvalue weighted by Gasteiger charge is -2.32. The van der Waals surface area contributed by atoms with E-state index >= 15 is 0 Å². The van der Waals surface area contributed by atoms with Gasteiger partial charge in [0.05, 0.1) is 34.9 Å². The standard InChI is InChI=1S/C21H21Cl2N3O2/c1-2-9-24-21(27)16-4-6-20(25-13-16)26-10-7-17(8-11-26)28-14-15-3-5-18(22)19(23)12-15/h1,3-6,12-13,17H,7-11,14H2,(H,24,27). The highest BCUT2D eigenvalue weighted by molar-refractivity contribution is 6.42. The lowest BCUT2D eigenvalue weighted by Crippen LogP contribution is -2.37. The molecular formula is C21H21Cl2N3O2. The van der Waals surface area contributed by atoms with E-state index < -0.39 is 0 Å². The fourth-order valence-electron chi connectivity index (χ4n) is 3.04. The number of halogens is 2. The van der Waals surface area contributed by atoms with Gasteiger partial charge in [0.15, 0.2) is 0 Å². The molecule has 0 bridgehead atoms. The van der Waals surface area contributed by atoms with Gasteiger partial charge in [0.2, 0.25) is 0 Å². The number of pyridine rings is 1. The Hall–Kier alpha value is -2.26. The van der Waals surface area contributed by atoms with E-state index in [0.29, 0.717) is 22.2 Å². The van der Waals surface area contributed by atoms with Crippen LogP contribution in [0.2, 0.25) is 10.0 Å². The number of piperidine rings is 1. The zero-order valence-electron chi connectivity index (χ0n) is 15.3. The minimum atomic E-state index is -0.216. The molecule has 1 aromatic heterocycles. The van der Waals surface area contributed by atoms with Crippen molar-refractivity contribution < 1.29 is 9.53 Å². The number of amides is 1. The number of nitrogens with zero attached hydrogens (tertiary/aromatic N) is 2. The van der Waals surface area contributed by atoms with Crippen molar-refractivity contribution in [2.24, 2.45) is 0 Å². The van der Waals surface area contributed by atoms with Gasteiger partial charge in [0.1, 0.15) is 5.82 Å². The smallest absolute Gasteiger partial charge is 0.253 e. The molecule has 28 heavy (non-hydrogen) atoms. The average molecular weight is 418 g/mol. The first-order valence-corrected chi connectivity index (χ1v) is 9.80. The SMILES string of the molecule is C#CCNC(=O)c1ccc(N2CCC(OCc3ccc(Cl)c(Cl)c3)CC2)nc1. The van der Waals surface area contributed by atoms with Crippen LogP contribution in [0.5, 0.6) is 0 Å². The minimum absolute atomic E-state index is 0.194. The number of hydrogen-bond acceptors (Lipinski definition) is 4. The van der Waals surface area contributed by atoms with Gasteiger partial charge in [-0.3, -0.25) is 4.79 Å². The molecule has 5 nitrogen and oxygen atoms in total. The van der Waals surface area contributed by atoms with Gasteiger partial charge in [-0.2, -0.15) is 0 Å². The van der Waals surface area contributed by atoms with Gasteiger partial charge in [-0.1, -0.05) is 35.2 Å². The van der Waals surface area contributed by atoms with Crippen molar-refractivity contribution in [2.75, 3.05) is 24.5 Å². The summed E-state index contributed by atoms with van der Waals surface area (Å²) >= 11 is 12.0. The number of anilines is 1. The van der Waals surface area contributed by atoms with Gasteiger partial charge in [-0.25, -0.2) is 4.98 Å². The Morgan fingerprint density at radius 2 is 2.04 bits per heavy atom. The molecule has 0 atom stereocenters. The van der Waals surface area contributed by atoms with Crippen LogP contribution in [0.1, 0.15) is 28.8 Å². The number of carbonyl (C=O) groups is 1. The summed E-state index contributed by atoms with van der Waals surface area (Å²) in [6.45, 7) is 2.42. The lowest BCUT2D eigenvalue weighted by molar-refractivity contribution is 0.0250. The zero-order valence-corrected chi connectivity index (χ0v) is 16.8. The van der Waals surface area contributed by atoms with Crippen molar-refractivity contribution >= 4 is 34.9 Å². The number of benzene rings is 1. The van der Waals surface area contributed by atoms with E-state index in [1.165, 1.54) is 0 Å². The maximum atomic E-state index is 11.9. The number of nitrogens with one attached hydrogen (secondary N) is 1. The Morgan fingerprint density at radius 3 is 2.68 bits per heavy atom. The predicted molar refractivity (Wildman–Crippen MR) is 112 cm³/mol. The second-order valence-corrected chi connectivity index (χ2v) is 7.35. The van der Waals surface area contributed by atoms with Crippen LogP contribution in [0.4, 0.5) is 5.82 Å². The third kappa shape index (κ3) is 5.39. The van der Waals surface area contributed by atoms with Crippen LogP contribution >= 0.6 is 23.2 Å². The summed E-state index contributed by atoms with van der Waals surface area (Å²) in [4.78, 5) is 18.5. The van der Waals surface area contributed by atoms with E-state index in [1.807, 2.05) is 18.2 Å². The maximum absolute atomic E-state index is 11.9. The van der Waals surface area contributed by atoms with Crippen LogP contribution in [0.25, 0.3) is 0 Å². The summed E-state index contributed by atoms with van der Waals surface area (Å²) in [5, 5.41) is 3.72. The van der Waals surface area contributed by atoms with Crippen LogP contribution in [0.3, 0.4) is 0 Å². The molecule has 2 heterocycles. The summed E-state index contributed by atoms with van der Waals surface area (Å²) in [5.74, 6) is 3.02. The molecule has 3 rings (SSSR count). The van der Waals surface area contributed by atoms with Crippen LogP contribution in [0, 0.1) is 12.3 Å². The van der Waals surface area contributed by atoms with Crippen molar-refractivity contribution in [3.63, 3.8) is 0 Å². The van der Waals surface area contributed by atoms with Gasteiger partial charge >= 0.3 is 0 Å². The van der Waals surface area contributed by atoms with Gasteiger partial charge < -0.3 is 15.0 Å². The Labute approximate surface area is 175 Å². The number of aromatic nitrogens is 1. The number of carbonyl (C=O) groups excluding carboxylic acids is 1. The third-order valence-electron chi connectivity index (χ3n) is 4.60. The van der Waals surface area contributed by atoms with Gasteiger partial charge in [0.25, 0.3) is 5.91 Å². The van der Waals surface area contributed by atoms with E-state index in [-0.39, 0.29) is 18.6 Å². The molecule has 0 saturated carbocycles. The molecule has 1 aromatic carbocycles. The molecule has 7 heteroatoms. The van der Waals surface area contributed by atoms with Crippen LogP contribution in [-0.4, -0.2) is 36.6 Å². The number of rotatable bonds is 6. The first-order valence-electron chi connectivity index (χ1n) is 9.05. The fraction of sp³-hybridized carbons (Fsp3) is 0.333. The van der Waals surface area contributed by atoms with Crippen molar-refractivity contribution in [1.29, 1.82) is 0 Å². The van der Waals surface area contributed by atoms with Crippen LogP contribution < -0.4 is 10.2 Å². The maximum Gasteiger partial charge on any atom is 0.253 e. The monoisotopic (exact) mass is 417 g/mol. The fourth-order valence-corrected chi connectivity index (χ4v) is 3.36. The highest BCUT2D eigenvalue weighted by Gasteiger charge is 2.21. The molecule has 0 unspecified atom stereocenters.